The summed E-state index contributed by atoms with van der Waals surface area (Å²) in [5, 5.41) is 3.44. The van der Waals surface area contributed by atoms with Crippen molar-refractivity contribution in [1.82, 2.24) is 4.90 Å². The lowest BCUT2D eigenvalue weighted by molar-refractivity contribution is -0.137. The van der Waals surface area contributed by atoms with E-state index in [0.29, 0.717) is 22.9 Å². The van der Waals surface area contributed by atoms with Gasteiger partial charge in [-0.2, -0.15) is 13.2 Å². The molecule has 1 fully saturated rings. The Balaban J connectivity index is 2.12. The van der Waals surface area contributed by atoms with Gasteiger partial charge >= 0.3 is 6.18 Å². The van der Waals surface area contributed by atoms with Crippen LogP contribution in [0.5, 0.6) is 0 Å². The van der Waals surface area contributed by atoms with Gasteiger partial charge in [-0.1, -0.05) is 6.07 Å². The summed E-state index contributed by atoms with van der Waals surface area (Å²) in [6.07, 6.45) is -1.08. The van der Waals surface area contributed by atoms with E-state index in [2.05, 4.69) is 24.1 Å². The van der Waals surface area contributed by atoms with Crippen LogP contribution >= 0.6 is 12.2 Å². The third kappa shape index (κ3) is 3.87. The summed E-state index contributed by atoms with van der Waals surface area (Å²) in [4.78, 5) is 2.08. The Morgan fingerprint density at radius 1 is 1.24 bits per heavy atom. The molecule has 1 aliphatic rings. The summed E-state index contributed by atoms with van der Waals surface area (Å²) in [6, 6.07) is 5.74. The van der Waals surface area contributed by atoms with E-state index in [1.807, 2.05) is 0 Å². The molecule has 1 aromatic rings. The fourth-order valence-electron chi connectivity index (χ4n) is 2.78. The van der Waals surface area contributed by atoms with Gasteiger partial charge < -0.3 is 10.2 Å². The standard InChI is InChI=1S/C15H19F3N2S/c1-10-5-3-6-11(2)20(10)14(21)19-13-8-4-7-12(9-13)15(16,17)18/h4,7-11H,3,5-6H2,1-2H3,(H,19,21)/t10-,11-/m1/s1. The van der Waals surface area contributed by atoms with Crippen molar-refractivity contribution in [2.24, 2.45) is 0 Å². The van der Waals surface area contributed by atoms with Crippen molar-refractivity contribution in [1.29, 1.82) is 0 Å². The summed E-state index contributed by atoms with van der Waals surface area (Å²) < 4.78 is 38.1. The number of thiocarbonyl (C=S) groups is 1. The van der Waals surface area contributed by atoms with Crippen molar-refractivity contribution in [2.75, 3.05) is 5.32 Å². The van der Waals surface area contributed by atoms with E-state index in [-0.39, 0.29) is 0 Å². The number of anilines is 1. The molecule has 1 N–H and O–H groups in total. The molecule has 0 radical (unpaired) electrons. The lowest BCUT2D eigenvalue weighted by atomic mass is 9.98. The Morgan fingerprint density at radius 3 is 2.43 bits per heavy atom. The van der Waals surface area contributed by atoms with Crippen LogP contribution in [-0.2, 0) is 6.18 Å². The number of halogens is 3. The number of piperidine rings is 1. The van der Waals surface area contributed by atoms with Gasteiger partial charge in [-0.05, 0) is 63.5 Å². The van der Waals surface area contributed by atoms with Crippen LogP contribution in [0.4, 0.5) is 18.9 Å². The lowest BCUT2D eigenvalue weighted by Crippen LogP contribution is -2.49. The number of hydrogen-bond donors (Lipinski definition) is 1. The van der Waals surface area contributed by atoms with Crippen LogP contribution in [0.3, 0.4) is 0 Å². The van der Waals surface area contributed by atoms with Crippen LogP contribution in [0.2, 0.25) is 0 Å². The number of nitrogens with one attached hydrogen (secondary N) is 1. The molecule has 0 aliphatic carbocycles. The second-order valence-electron chi connectivity index (χ2n) is 5.54. The number of rotatable bonds is 1. The third-order valence-corrected chi connectivity index (χ3v) is 4.18. The van der Waals surface area contributed by atoms with E-state index in [4.69, 9.17) is 12.2 Å². The van der Waals surface area contributed by atoms with Gasteiger partial charge in [-0.15, -0.1) is 0 Å². The topological polar surface area (TPSA) is 15.3 Å². The SMILES string of the molecule is C[C@@H]1CCC[C@@H](C)N1C(=S)Nc1cccc(C(F)(F)F)c1. The van der Waals surface area contributed by atoms with Crippen LogP contribution in [0.25, 0.3) is 0 Å². The van der Waals surface area contributed by atoms with Gasteiger partial charge in [0.1, 0.15) is 0 Å². The smallest absolute Gasteiger partial charge is 0.344 e. The minimum absolute atomic E-state index is 0.305. The van der Waals surface area contributed by atoms with Crippen LogP contribution in [0.1, 0.15) is 38.7 Å². The maximum absolute atomic E-state index is 12.7. The molecular formula is C15H19F3N2S. The second kappa shape index (κ2) is 6.22. The molecule has 1 heterocycles. The van der Waals surface area contributed by atoms with Crippen LogP contribution in [0, 0.1) is 0 Å². The zero-order valence-electron chi connectivity index (χ0n) is 12.1. The Bertz CT molecular complexity index is 506. The lowest BCUT2D eigenvalue weighted by Gasteiger charge is -2.40. The summed E-state index contributed by atoms with van der Waals surface area (Å²) in [5.41, 5.74) is -0.296. The predicted molar refractivity (Wildman–Crippen MR) is 82.3 cm³/mol. The monoisotopic (exact) mass is 316 g/mol. The molecule has 2 atom stereocenters. The molecule has 1 saturated heterocycles. The van der Waals surface area contributed by atoms with Crippen LogP contribution in [-0.4, -0.2) is 22.1 Å². The van der Waals surface area contributed by atoms with Crippen molar-refractivity contribution in [3.63, 3.8) is 0 Å². The van der Waals surface area contributed by atoms with Crippen molar-refractivity contribution in [3.8, 4) is 0 Å². The molecule has 6 heteroatoms. The molecular weight excluding hydrogens is 297 g/mol. The zero-order chi connectivity index (χ0) is 15.6. The van der Waals surface area contributed by atoms with Gasteiger partial charge in [0.25, 0.3) is 0 Å². The highest BCUT2D eigenvalue weighted by molar-refractivity contribution is 7.80. The predicted octanol–water partition coefficient (Wildman–Crippen LogP) is 4.67. The van der Waals surface area contributed by atoms with Crippen LogP contribution < -0.4 is 5.32 Å². The van der Waals surface area contributed by atoms with E-state index < -0.39 is 11.7 Å². The van der Waals surface area contributed by atoms with E-state index in [9.17, 15) is 13.2 Å². The van der Waals surface area contributed by atoms with Crippen molar-refractivity contribution in [3.05, 3.63) is 29.8 Å². The first-order valence-electron chi connectivity index (χ1n) is 7.05. The molecule has 0 unspecified atom stereocenters. The second-order valence-corrected chi connectivity index (χ2v) is 5.93. The maximum atomic E-state index is 12.7. The van der Waals surface area contributed by atoms with Crippen molar-refractivity contribution >= 4 is 23.0 Å². The van der Waals surface area contributed by atoms with Crippen molar-refractivity contribution in [2.45, 2.75) is 51.4 Å². The molecule has 2 nitrogen and oxygen atoms in total. The number of likely N-dealkylation sites (tertiary alicyclic amines) is 1. The van der Waals surface area contributed by atoms with Gasteiger partial charge in [0.2, 0.25) is 0 Å². The first-order chi connectivity index (χ1) is 9.79. The fraction of sp³-hybridized carbons (Fsp3) is 0.533. The van der Waals surface area contributed by atoms with Gasteiger partial charge in [0, 0.05) is 17.8 Å². The van der Waals surface area contributed by atoms with Gasteiger partial charge in [-0.25, -0.2) is 0 Å². The Hall–Kier alpha value is -1.30. The zero-order valence-corrected chi connectivity index (χ0v) is 12.9. The first kappa shape index (κ1) is 16.1. The molecule has 1 aliphatic heterocycles. The van der Waals surface area contributed by atoms with Crippen LogP contribution in [0.15, 0.2) is 24.3 Å². The summed E-state index contributed by atoms with van der Waals surface area (Å²) in [6.45, 7) is 4.19. The quantitative estimate of drug-likeness (QED) is 0.758. The highest BCUT2D eigenvalue weighted by atomic mass is 32.1. The Morgan fingerprint density at radius 2 is 1.86 bits per heavy atom. The summed E-state index contributed by atoms with van der Waals surface area (Å²) >= 11 is 5.38. The number of benzene rings is 1. The summed E-state index contributed by atoms with van der Waals surface area (Å²) in [7, 11) is 0. The molecule has 0 amide bonds. The molecule has 0 saturated carbocycles. The number of nitrogens with zero attached hydrogens (tertiary/aromatic N) is 1. The highest BCUT2D eigenvalue weighted by Crippen LogP contribution is 2.31. The molecule has 0 bridgehead atoms. The molecule has 0 spiro atoms. The molecule has 21 heavy (non-hydrogen) atoms. The largest absolute Gasteiger partial charge is 0.416 e. The average molecular weight is 316 g/mol. The third-order valence-electron chi connectivity index (χ3n) is 3.87. The van der Waals surface area contributed by atoms with E-state index in [0.717, 1.165) is 31.4 Å². The number of alkyl halides is 3. The highest BCUT2D eigenvalue weighted by Gasteiger charge is 2.31. The molecule has 116 valence electrons. The molecule has 2 rings (SSSR count). The first-order valence-corrected chi connectivity index (χ1v) is 7.46. The minimum Gasteiger partial charge on any atom is -0.344 e. The Kier molecular flexibility index (Phi) is 4.76. The average Bonchev–Trinajstić information content (AvgIpc) is 2.37. The number of hydrogen-bond acceptors (Lipinski definition) is 1. The molecule has 1 aromatic carbocycles. The van der Waals surface area contributed by atoms with E-state index >= 15 is 0 Å². The van der Waals surface area contributed by atoms with Crippen molar-refractivity contribution < 1.29 is 13.2 Å². The minimum atomic E-state index is -4.34. The van der Waals surface area contributed by atoms with Gasteiger partial charge in [0.05, 0.1) is 5.56 Å². The normalized spacial score (nSPS) is 23.0. The van der Waals surface area contributed by atoms with Gasteiger partial charge in [0.15, 0.2) is 5.11 Å². The fourth-order valence-corrected chi connectivity index (χ4v) is 3.26. The van der Waals surface area contributed by atoms with E-state index in [1.165, 1.54) is 6.07 Å². The van der Waals surface area contributed by atoms with E-state index in [1.54, 1.807) is 6.07 Å². The summed E-state index contributed by atoms with van der Waals surface area (Å²) in [5.74, 6) is 0. The molecule has 0 aromatic heterocycles. The van der Waals surface area contributed by atoms with Gasteiger partial charge in [-0.3, -0.25) is 0 Å². The Labute approximate surface area is 128 Å². The maximum Gasteiger partial charge on any atom is 0.416 e.